The maximum Gasteiger partial charge on any atom is 0.256 e. The first kappa shape index (κ1) is 13.7. The van der Waals surface area contributed by atoms with Crippen LogP contribution in [0.5, 0.6) is 0 Å². The van der Waals surface area contributed by atoms with Crippen LogP contribution in [0.4, 0.5) is 4.39 Å². The van der Waals surface area contributed by atoms with Gasteiger partial charge in [-0.05, 0) is 36.9 Å². The molecule has 0 aliphatic heterocycles. The summed E-state index contributed by atoms with van der Waals surface area (Å²) in [7, 11) is 1.71. The van der Waals surface area contributed by atoms with E-state index in [-0.39, 0.29) is 11.5 Å². The summed E-state index contributed by atoms with van der Waals surface area (Å²) in [6.45, 7) is 2.44. The third kappa shape index (κ3) is 3.41. The van der Waals surface area contributed by atoms with E-state index < -0.39 is 5.82 Å². The standard InChI is InChI=1S/C15H16FNOS/c1-11-5-6-14(16)13(10-11)15(18)17(2)8-7-12-4-3-9-19-12/h3-6,9-10H,7-8H2,1-2H3. The van der Waals surface area contributed by atoms with E-state index in [4.69, 9.17) is 0 Å². The molecule has 0 saturated carbocycles. The summed E-state index contributed by atoms with van der Waals surface area (Å²) in [6, 6.07) is 8.63. The van der Waals surface area contributed by atoms with Crippen LogP contribution in [0.15, 0.2) is 35.7 Å². The predicted octanol–water partition coefficient (Wildman–Crippen LogP) is 3.51. The van der Waals surface area contributed by atoms with Crippen LogP contribution in [0.3, 0.4) is 0 Å². The molecule has 1 heterocycles. The lowest BCUT2D eigenvalue weighted by Crippen LogP contribution is -2.29. The van der Waals surface area contributed by atoms with Gasteiger partial charge in [0, 0.05) is 18.5 Å². The molecule has 0 aliphatic carbocycles. The molecule has 0 N–H and O–H groups in total. The molecule has 0 fully saturated rings. The Morgan fingerprint density at radius 3 is 2.84 bits per heavy atom. The molecule has 2 aromatic rings. The van der Waals surface area contributed by atoms with Crippen molar-refractivity contribution in [1.82, 2.24) is 4.90 Å². The van der Waals surface area contributed by atoms with E-state index in [9.17, 15) is 9.18 Å². The van der Waals surface area contributed by atoms with Crippen molar-refractivity contribution in [2.45, 2.75) is 13.3 Å². The molecule has 4 heteroatoms. The summed E-state index contributed by atoms with van der Waals surface area (Å²) in [5.41, 5.74) is 1.03. The van der Waals surface area contributed by atoms with Crippen molar-refractivity contribution in [1.29, 1.82) is 0 Å². The molecule has 2 rings (SSSR count). The van der Waals surface area contributed by atoms with Gasteiger partial charge in [0.1, 0.15) is 5.82 Å². The number of rotatable bonds is 4. The number of nitrogens with zero attached hydrogens (tertiary/aromatic N) is 1. The van der Waals surface area contributed by atoms with E-state index in [0.717, 1.165) is 12.0 Å². The number of amides is 1. The van der Waals surface area contributed by atoms with Crippen molar-refractivity contribution in [2.24, 2.45) is 0 Å². The normalized spacial score (nSPS) is 10.5. The monoisotopic (exact) mass is 277 g/mol. The van der Waals surface area contributed by atoms with Crippen molar-refractivity contribution in [2.75, 3.05) is 13.6 Å². The molecule has 0 spiro atoms. The average Bonchev–Trinajstić information content (AvgIpc) is 2.91. The number of aryl methyl sites for hydroxylation is 1. The second-order valence-electron chi connectivity index (χ2n) is 4.54. The van der Waals surface area contributed by atoms with Crippen molar-refractivity contribution in [3.05, 3.63) is 57.5 Å². The van der Waals surface area contributed by atoms with E-state index in [1.165, 1.54) is 10.9 Å². The number of carbonyl (C=O) groups excluding carboxylic acids is 1. The Kier molecular flexibility index (Phi) is 4.32. The molecule has 1 aromatic carbocycles. The fourth-order valence-corrected chi connectivity index (χ4v) is 2.54. The molecule has 1 aromatic heterocycles. The molecule has 2 nitrogen and oxygen atoms in total. The summed E-state index contributed by atoms with van der Waals surface area (Å²) in [4.78, 5) is 15.0. The third-order valence-electron chi connectivity index (χ3n) is 2.97. The topological polar surface area (TPSA) is 20.3 Å². The van der Waals surface area contributed by atoms with E-state index >= 15 is 0 Å². The van der Waals surface area contributed by atoms with Crippen molar-refractivity contribution in [3.63, 3.8) is 0 Å². The molecule has 0 bridgehead atoms. The van der Waals surface area contributed by atoms with Crippen molar-refractivity contribution < 1.29 is 9.18 Å². The van der Waals surface area contributed by atoms with Gasteiger partial charge in [0.05, 0.1) is 5.56 Å². The van der Waals surface area contributed by atoms with Crippen LogP contribution in [0, 0.1) is 12.7 Å². The third-order valence-corrected chi connectivity index (χ3v) is 3.91. The van der Waals surface area contributed by atoms with Crippen LogP contribution in [0.1, 0.15) is 20.8 Å². The number of hydrogen-bond donors (Lipinski definition) is 0. The van der Waals surface area contributed by atoms with Crippen LogP contribution < -0.4 is 0 Å². The minimum absolute atomic E-state index is 0.147. The van der Waals surface area contributed by atoms with E-state index in [1.807, 2.05) is 24.4 Å². The number of benzene rings is 1. The van der Waals surface area contributed by atoms with Gasteiger partial charge < -0.3 is 4.90 Å². The highest BCUT2D eigenvalue weighted by molar-refractivity contribution is 7.09. The molecule has 0 radical (unpaired) electrons. The Labute approximate surface area is 116 Å². The summed E-state index contributed by atoms with van der Waals surface area (Å²) in [6.07, 6.45) is 0.799. The second kappa shape index (κ2) is 5.97. The highest BCUT2D eigenvalue weighted by Gasteiger charge is 2.16. The fourth-order valence-electron chi connectivity index (χ4n) is 1.84. The number of thiophene rings is 1. The molecule has 1 amide bonds. The van der Waals surface area contributed by atoms with Gasteiger partial charge in [0.15, 0.2) is 0 Å². The zero-order valence-electron chi connectivity index (χ0n) is 11.0. The van der Waals surface area contributed by atoms with Gasteiger partial charge in [-0.25, -0.2) is 4.39 Å². The van der Waals surface area contributed by atoms with E-state index in [0.29, 0.717) is 6.54 Å². The highest BCUT2D eigenvalue weighted by atomic mass is 32.1. The fraction of sp³-hybridized carbons (Fsp3) is 0.267. The molecular weight excluding hydrogens is 261 g/mol. The molecule has 19 heavy (non-hydrogen) atoms. The van der Waals surface area contributed by atoms with Gasteiger partial charge in [-0.2, -0.15) is 0 Å². The largest absolute Gasteiger partial charge is 0.341 e. The second-order valence-corrected chi connectivity index (χ2v) is 5.57. The Morgan fingerprint density at radius 2 is 2.16 bits per heavy atom. The highest BCUT2D eigenvalue weighted by Crippen LogP contribution is 2.14. The summed E-state index contributed by atoms with van der Waals surface area (Å²) < 4.78 is 13.6. The van der Waals surface area contributed by atoms with Crippen molar-refractivity contribution >= 4 is 17.2 Å². The van der Waals surface area contributed by atoms with Gasteiger partial charge in [0.25, 0.3) is 5.91 Å². The maximum atomic E-state index is 13.6. The molecule has 100 valence electrons. The average molecular weight is 277 g/mol. The van der Waals surface area contributed by atoms with Gasteiger partial charge in [-0.15, -0.1) is 11.3 Å². The molecule has 0 unspecified atom stereocenters. The zero-order chi connectivity index (χ0) is 13.8. The summed E-state index contributed by atoms with van der Waals surface area (Å²) in [5.74, 6) is -0.726. The lowest BCUT2D eigenvalue weighted by atomic mass is 10.1. The lowest BCUT2D eigenvalue weighted by molar-refractivity contribution is 0.0792. The summed E-state index contributed by atoms with van der Waals surface area (Å²) in [5, 5.41) is 2.01. The number of halogens is 1. The SMILES string of the molecule is Cc1ccc(F)c(C(=O)N(C)CCc2cccs2)c1. The van der Waals surface area contributed by atoms with Gasteiger partial charge in [0.2, 0.25) is 0 Å². The smallest absolute Gasteiger partial charge is 0.256 e. The van der Waals surface area contributed by atoms with Gasteiger partial charge in [-0.1, -0.05) is 17.7 Å². The number of carbonyl (C=O) groups is 1. The lowest BCUT2D eigenvalue weighted by Gasteiger charge is -2.17. The van der Waals surface area contributed by atoms with Crippen LogP contribution in [-0.4, -0.2) is 24.4 Å². The minimum Gasteiger partial charge on any atom is -0.341 e. The predicted molar refractivity (Wildman–Crippen MR) is 76.1 cm³/mol. The summed E-state index contributed by atoms with van der Waals surface area (Å²) >= 11 is 1.67. The van der Waals surface area contributed by atoms with Crippen LogP contribution in [0.25, 0.3) is 0 Å². The maximum absolute atomic E-state index is 13.6. The quantitative estimate of drug-likeness (QED) is 0.837. The number of hydrogen-bond acceptors (Lipinski definition) is 2. The minimum atomic E-state index is -0.460. The Morgan fingerprint density at radius 1 is 1.37 bits per heavy atom. The van der Waals surface area contributed by atoms with Crippen LogP contribution >= 0.6 is 11.3 Å². The van der Waals surface area contributed by atoms with Gasteiger partial charge >= 0.3 is 0 Å². The molecular formula is C15H16FNOS. The van der Waals surface area contributed by atoms with Crippen molar-refractivity contribution in [3.8, 4) is 0 Å². The van der Waals surface area contributed by atoms with E-state index in [1.54, 1.807) is 35.4 Å². The van der Waals surface area contributed by atoms with Crippen LogP contribution in [-0.2, 0) is 6.42 Å². The van der Waals surface area contributed by atoms with Crippen LogP contribution in [0.2, 0.25) is 0 Å². The Bertz CT molecular complexity index is 566. The first-order chi connectivity index (χ1) is 9.08. The van der Waals surface area contributed by atoms with Gasteiger partial charge in [-0.3, -0.25) is 4.79 Å². The molecule has 0 saturated heterocycles. The number of likely N-dealkylation sites (N-methyl/N-ethyl adjacent to an activating group) is 1. The first-order valence-corrected chi connectivity index (χ1v) is 7.00. The molecule has 0 aliphatic rings. The Balaban J connectivity index is 2.04. The zero-order valence-corrected chi connectivity index (χ0v) is 11.8. The molecule has 0 atom stereocenters. The van der Waals surface area contributed by atoms with E-state index in [2.05, 4.69) is 0 Å². The Hall–Kier alpha value is -1.68. The first-order valence-electron chi connectivity index (χ1n) is 6.12.